The van der Waals surface area contributed by atoms with Gasteiger partial charge in [0.2, 0.25) is 0 Å². The summed E-state index contributed by atoms with van der Waals surface area (Å²) in [5, 5.41) is 0. The van der Waals surface area contributed by atoms with Crippen molar-refractivity contribution < 1.29 is 4.74 Å². The van der Waals surface area contributed by atoms with Crippen LogP contribution in [0.15, 0.2) is 0 Å². The van der Waals surface area contributed by atoms with Gasteiger partial charge < -0.3 is 4.74 Å². The fraction of sp³-hybridized carbons (Fsp3) is 0.818. The molecule has 1 aliphatic rings. The molecule has 12 heavy (non-hydrogen) atoms. The molecular weight excluding hydrogens is 148 g/mol. The Morgan fingerprint density at radius 2 is 2.17 bits per heavy atom. The fourth-order valence-electron chi connectivity index (χ4n) is 1.65. The molecule has 0 aliphatic heterocycles. The molecule has 1 saturated carbocycles. The molecule has 0 bridgehead atoms. The van der Waals surface area contributed by atoms with Crippen LogP contribution in [0.1, 0.15) is 40.0 Å². The lowest BCUT2D eigenvalue weighted by atomic mass is 10.1. The van der Waals surface area contributed by atoms with Crippen LogP contribution in [0, 0.1) is 19.3 Å². The predicted molar refractivity (Wildman–Crippen MR) is 51.6 cm³/mol. The molecule has 0 heterocycles. The molecule has 1 aliphatic carbocycles. The molecule has 2 atom stereocenters. The largest absolute Gasteiger partial charge is 0.372 e. The van der Waals surface area contributed by atoms with Gasteiger partial charge in [0.1, 0.15) is 0 Å². The molecule has 0 aromatic carbocycles. The summed E-state index contributed by atoms with van der Waals surface area (Å²) in [5.41, 5.74) is -0.00275. The molecule has 0 amide bonds. The number of ether oxygens (including phenoxy) is 1. The lowest BCUT2D eigenvalue weighted by molar-refractivity contribution is -0.0436. The topological polar surface area (TPSA) is 9.23 Å². The van der Waals surface area contributed by atoms with Gasteiger partial charge in [-0.1, -0.05) is 13.3 Å². The highest BCUT2D eigenvalue weighted by atomic mass is 16.5. The zero-order chi connectivity index (χ0) is 9.19. The second kappa shape index (κ2) is 3.78. The Balaban J connectivity index is 2.28. The van der Waals surface area contributed by atoms with Crippen molar-refractivity contribution in [1.82, 2.24) is 0 Å². The van der Waals surface area contributed by atoms with Crippen LogP contribution in [0.4, 0.5) is 0 Å². The van der Waals surface area contributed by atoms with Crippen LogP contribution in [0.3, 0.4) is 0 Å². The molecule has 1 heteroatoms. The van der Waals surface area contributed by atoms with Crippen molar-refractivity contribution in [2.45, 2.75) is 51.7 Å². The van der Waals surface area contributed by atoms with Gasteiger partial charge in [-0.2, -0.15) is 0 Å². The van der Waals surface area contributed by atoms with Crippen molar-refractivity contribution in [3.05, 3.63) is 13.3 Å². The second-order valence-corrected chi connectivity index (χ2v) is 4.63. The normalized spacial score (nSPS) is 31.0. The van der Waals surface area contributed by atoms with Gasteiger partial charge in [0.25, 0.3) is 0 Å². The van der Waals surface area contributed by atoms with Gasteiger partial charge >= 0.3 is 0 Å². The summed E-state index contributed by atoms with van der Waals surface area (Å²) in [6.45, 7) is 10.3. The zero-order valence-electron chi connectivity index (χ0n) is 8.47. The summed E-state index contributed by atoms with van der Waals surface area (Å²) < 4.78 is 5.85. The molecular formula is C11H20O. The average Bonchev–Trinajstić information content (AvgIpc) is 2.32. The Hall–Kier alpha value is -0.0400. The first-order valence-corrected chi connectivity index (χ1v) is 4.81. The van der Waals surface area contributed by atoms with E-state index in [1.807, 2.05) is 0 Å². The summed E-state index contributed by atoms with van der Waals surface area (Å²) in [7, 11) is 0. The van der Waals surface area contributed by atoms with E-state index in [1.165, 1.54) is 12.8 Å². The van der Waals surface area contributed by atoms with Gasteiger partial charge in [-0.25, -0.2) is 0 Å². The third kappa shape index (κ3) is 3.14. The minimum absolute atomic E-state index is 0.00275. The predicted octanol–water partition coefficient (Wildman–Crippen LogP) is 3.01. The van der Waals surface area contributed by atoms with Crippen LogP contribution in [0.5, 0.6) is 0 Å². The van der Waals surface area contributed by atoms with E-state index >= 15 is 0 Å². The Bertz CT molecular complexity index is 134. The molecule has 0 aromatic rings. The highest BCUT2D eigenvalue weighted by Gasteiger charge is 2.27. The van der Waals surface area contributed by atoms with E-state index in [9.17, 15) is 0 Å². The minimum atomic E-state index is -0.00275. The maximum absolute atomic E-state index is 5.85. The highest BCUT2D eigenvalue weighted by molar-refractivity contribution is 4.91. The SMILES string of the molecule is [CH2]CC1C[CH]C(OC(C)(C)C)C1. The number of hydrogen-bond acceptors (Lipinski definition) is 1. The van der Waals surface area contributed by atoms with E-state index < -0.39 is 0 Å². The van der Waals surface area contributed by atoms with Crippen LogP contribution in [-0.2, 0) is 4.74 Å². The molecule has 2 radical (unpaired) electrons. The van der Waals surface area contributed by atoms with Crippen molar-refractivity contribution in [2.75, 3.05) is 0 Å². The number of rotatable bonds is 2. The Morgan fingerprint density at radius 3 is 2.58 bits per heavy atom. The maximum atomic E-state index is 5.85. The molecule has 0 aromatic heterocycles. The number of hydrogen-bond donors (Lipinski definition) is 0. The van der Waals surface area contributed by atoms with E-state index in [0.29, 0.717) is 6.10 Å². The summed E-state index contributed by atoms with van der Waals surface area (Å²) >= 11 is 0. The van der Waals surface area contributed by atoms with Crippen LogP contribution < -0.4 is 0 Å². The average molecular weight is 168 g/mol. The van der Waals surface area contributed by atoms with Gasteiger partial charge in [0.05, 0.1) is 11.7 Å². The van der Waals surface area contributed by atoms with Crippen molar-refractivity contribution in [2.24, 2.45) is 5.92 Å². The standard InChI is InChI=1S/C11H20O/c1-5-9-6-7-10(8-9)12-11(2,3)4/h7,9-10H,1,5-6,8H2,2-4H3. The fourth-order valence-corrected chi connectivity index (χ4v) is 1.65. The highest BCUT2D eigenvalue weighted by Crippen LogP contribution is 2.31. The van der Waals surface area contributed by atoms with Crippen molar-refractivity contribution >= 4 is 0 Å². The van der Waals surface area contributed by atoms with E-state index in [1.54, 1.807) is 0 Å². The van der Waals surface area contributed by atoms with Crippen molar-refractivity contribution in [3.63, 3.8) is 0 Å². The van der Waals surface area contributed by atoms with Crippen molar-refractivity contribution in [1.29, 1.82) is 0 Å². The molecule has 1 fully saturated rings. The summed E-state index contributed by atoms with van der Waals surface area (Å²) in [4.78, 5) is 0. The van der Waals surface area contributed by atoms with Gasteiger partial charge in [-0.15, -0.1) is 0 Å². The summed E-state index contributed by atoms with van der Waals surface area (Å²) in [6.07, 6.45) is 6.06. The summed E-state index contributed by atoms with van der Waals surface area (Å²) in [5.74, 6) is 0.761. The van der Waals surface area contributed by atoms with Crippen LogP contribution in [-0.4, -0.2) is 11.7 Å². The Labute approximate surface area is 76.5 Å². The molecule has 0 saturated heterocycles. The van der Waals surface area contributed by atoms with E-state index in [-0.39, 0.29) is 5.60 Å². The lowest BCUT2D eigenvalue weighted by Crippen LogP contribution is -2.25. The first-order valence-electron chi connectivity index (χ1n) is 4.81. The second-order valence-electron chi connectivity index (χ2n) is 4.63. The van der Waals surface area contributed by atoms with E-state index in [4.69, 9.17) is 4.74 Å². The molecule has 0 N–H and O–H groups in total. The van der Waals surface area contributed by atoms with Gasteiger partial charge in [-0.05, 0) is 46.0 Å². The van der Waals surface area contributed by atoms with Crippen LogP contribution in [0.2, 0.25) is 0 Å². The third-order valence-electron chi connectivity index (χ3n) is 2.21. The van der Waals surface area contributed by atoms with Gasteiger partial charge in [0.15, 0.2) is 0 Å². The molecule has 1 nitrogen and oxygen atoms in total. The molecule has 0 spiro atoms. The summed E-state index contributed by atoms with van der Waals surface area (Å²) in [6, 6.07) is 0. The third-order valence-corrected chi connectivity index (χ3v) is 2.21. The Kier molecular flexibility index (Phi) is 3.16. The first-order chi connectivity index (χ1) is 5.51. The lowest BCUT2D eigenvalue weighted by Gasteiger charge is -2.24. The molecule has 70 valence electrons. The zero-order valence-corrected chi connectivity index (χ0v) is 8.47. The quantitative estimate of drug-likeness (QED) is 0.616. The maximum Gasteiger partial charge on any atom is 0.0616 e. The monoisotopic (exact) mass is 168 g/mol. The minimum Gasteiger partial charge on any atom is -0.372 e. The molecule has 2 unspecified atom stereocenters. The van der Waals surface area contributed by atoms with E-state index in [2.05, 4.69) is 34.1 Å². The molecule has 1 rings (SSSR count). The van der Waals surface area contributed by atoms with E-state index in [0.717, 1.165) is 12.3 Å². The van der Waals surface area contributed by atoms with Gasteiger partial charge in [-0.3, -0.25) is 0 Å². The smallest absolute Gasteiger partial charge is 0.0616 e. The first kappa shape index (κ1) is 10.0. The van der Waals surface area contributed by atoms with Gasteiger partial charge in [0, 0.05) is 0 Å². The van der Waals surface area contributed by atoms with Crippen molar-refractivity contribution in [3.8, 4) is 0 Å². The van der Waals surface area contributed by atoms with Crippen LogP contribution in [0.25, 0.3) is 0 Å². The Morgan fingerprint density at radius 1 is 1.50 bits per heavy atom. The van der Waals surface area contributed by atoms with Crippen LogP contribution >= 0.6 is 0 Å².